The molecule has 0 saturated carbocycles. The van der Waals surface area contributed by atoms with Crippen LogP contribution in [-0.2, 0) is 9.98 Å². The van der Waals surface area contributed by atoms with Gasteiger partial charge in [0.2, 0.25) is 0 Å². The number of furan rings is 1. The maximum atomic E-state index is 15.2. The average Bonchev–Trinajstić information content (AvgIpc) is 3.74. The molecule has 3 heteroatoms. The van der Waals surface area contributed by atoms with Crippen molar-refractivity contribution in [2.75, 3.05) is 0 Å². The van der Waals surface area contributed by atoms with E-state index < -0.39 is 12.6 Å². The van der Waals surface area contributed by atoms with Crippen LogP contribution in [-0.4, -0.2) is 0 Å². The Morgan fingerprint density at radius 2 is 1.22 bits per heavy atom. The predicted molar refractivity (Wildman–Crippen MR) is 192 cm³/mol. The van der Waals surface area contributed by atoms with E-state index >= 15 is 4.57 Å². The van der Waals surface area contributed by atoms with E-state index in [0.29, 0.717) is 0 Å². The van der Waals surface area contributed by atoms with Gasteiger partial charge in [-0.1, -0.05) is 133 Å². The molecule has 1 unspecified atom stereocenters. The summed E-state index contributed by atoms with van der Waals surface area (Å²) < 4.78 is 22.1. The zero-order chi connectivity index (χ0) is 31.0. The van der Waals surface area contributed by atoms with Gasteiger partial charge in [-0.25, -0.2) is 0 Å². The lowest BCUT2D eigenvalue weighted by Crippen LogP contribution is -2.25. The molecule has 9 rings (SSSR count). The molecule has 2 aliphatic carbocycles. The number of hydrogen-bond acceptors (Lipinski definition) is 2. The summed E-state index contributed by atoms with van der Waals surface area (Å²) >= 11 is 0. The molecule has 2 aliphatic rings. The first-order valence-corrected chi connectivity index (χ1v) is 17.6. The highest BCUT2D eigenvalue weighted by molar-refractivity contribution is 7.82. The summed E-state index contributed by atoms with van der Waals surface area (Å²) in [5.41, 5.74) is 11.3. The Morgan fingerprint density at radius 1 is 0.609 bits per heavy atom. The van der Waals surface area contributed by atoms with Gasteiger partial charge in [0.1, 0.15) is 11.2 Å². The molecule has 46 heavy (non-hydrogen) atoms. The van der Waals surface area contributed by atoms with Gasteiger partial charge in [0.15, 0.2) is 7.14 Å². The van der Waals surface area contributed by atoms with Gasteiger partial charge in [-0.2, -0.15) is 0 Å². The van der Waals surface area contributed by atoms with Crippen molar-refractivity contribution in [2.45, 2.75) is 19.3 Å². The van der Waals surface area contributed by atoms with Crippen LogP contribution >= 0.6 is 7.14 Å². The smallest absolute Gasteiger partial charge is 0.170 e. The summed E-state index contributed by atoms with van der Waals surface area (Å²) in [5.74, 6) is 0. The fourth-order valence-corrected chi connectivity index (χ4v) is 11.0. The Labute approximate surface area is 268 Å². The maximum absolute atomic E-state index is 15.2. The second-order valence-electron chi connectivity index (χ2n) is 12.2. The van der Waals surface area contributed by atoms with Gasteiger partial charge in [0.05, 0.1) is 5.41 Å². The molecule has 1 aromatic heterocycles. The summed E-state index contributed by atoms with van der Waals surface area (Å²) in [6.07, 6.45) is 5.92. The monoisotopic (exact) mass is 610 g/mol. The molecule has 0 radical (unpaired) electrons. The van der Waals surface area contributed by atoms with Gasteiger partial charge >= 0.3 is 0 Å². The Morgan fingerprint density at radius 3 is 1.87 bits per heavy atom. The minimum absolute atomic E-state index is 0.423. The quantitative estimate of drug-likeness (QED) is 0.147. The molecule has 0 saturated heterocycles. The van der Waals surface area contributed by atoms with Crippen LogP contribution < -0.4 is 10.6 Å². The molecule has 0 aliphatic heterocycles. The molecule has 7 aromatic rings. The molecule has 0 fully saturated rings. The van der Waals surface area contributed by atoms with Gasteiger partial charge < -0.3 is 8.98 Å². The van der Waals surface area contributed by atoms with Crippen LogP contribution in [0.3, 0.4) is 0 Å². The van der Waals surface area contributed by atoms with Crippen molar-refractivity contribution in [2.24, 2.45) is 0 Å². The SMILES string of the molecule is C/C=C\C(=C/C)P(=O)(c1ccccc1)c1ccc2oc3c4c(ccc3c2c1)C1(c2ccccc2-c2ccccc21)c1ccccc1-4. The first-order chi connectivity index (χ1) is 22.6. The Kier molecular flexibility index (Phi) is 5.85. The van der Waals surface area contributed by atoms with E-state index in [0.717, 1.165) is 43.4 Å². The minimum Gasteiger partial charge on any atom is -0.455 e. The number of hydrogen-bond donors (Lipinski definition) is 0. The summed E-state index contributed by atoms with van der Waals surface area (Å²) in [7, 11) is -3.14. The molecular formula is C43H31O2P. The number of rotatable bonds is 4. The van der Waals surface area contributed by atoms with Gasteiger partial charge in [0, 0.05) is 32.3 Å². The van der Waals surface area contributed by atoms with E-state index in [1.165, 1.54) is 38.9 Å². The van der Waals surface area contributed by atoms with Crippen molar-refractivity contribution in [3.8, 4) is 22.3 Å². The van der Waals surface area contributed by atoms with Crippen LogP contribution in [0, 0.1) is 0 Å². The van der Waals surface area contributed by atoms with Gasteiger partial charge in [-0.15, -0.1) is 0 Å². The van der Waals surface area contributed by atoms with Crippen molar-refractivity contribution < 1.29 is 8.98 Å². The van der Waals surface area contributed by atoms with Crippen LogP contribution in [0.15, 0.2) is 161 Å². The van der Waals surface area contributed by atoms with Gasteiger partial charge in [-0.05, 0) is 71.0 Å². The topological polar surface area (TPSA) is 30.2 Å². The lowest BCUT2D eigenvalue weighted by molar-refractivity contribution is 0.591. The summed E-state index contributed by atoms with van der Waals surface area (Å²) in [5, 5.41) is 4.46. The molecule has 6 aromatic carbocycles. The van der Waals surface area contributed by atoms with Crippen molar-refractivity contribution in [1.29, 1.82) is 0 Å². The minimum atomic E-state index is -3.14. The van der Waals surface area contributed by atoms with Gasteiger partial charge in [0.25, 0.3) is 0 Å². The lowest BCUT2D eigenvalue weighted by Gasteiger charge is -2.30. The first kappa shape index (κ1) is 27.2. The zero-order valence-electron chi connectivity index (χ0n) is 25.7. The number of allylic oxidation sites excluding steroid dienone is 4. The third kappa shape index (κ3) is 3.35. The van der Waals surface area contributed by atoms with E-state index in [2.05, 4.69) is 91.0 Å². The molecule has 1 spiro atoms. The number of benzene rings is 6. The number of fused-ring (bicyclic) bond motifs is 14. The average molecular weight is 611 g/mol. The molecule has 1 atom stereocenters. The fourth-order valence-electron chi connectivity index (χ4n) is 8.23. The first-order valence-electron chi connectivity index (χ1n) is 15.9. The Bertz CT molecular complexity index is 2430. The molecule has 2 nitrogen and oxygen atoms in total. The highest BCUT2D eigenvalue weighted by Gasteiger charge is 2.52. The van der Waals surface area contributed by atoms with Crippen molar-refractivity contribution >= 4 is 39.7 Å². The molecular weight excluding hydrogens is 579 g/mol. The third-order valence-corrected chi connectivity index (χ3v) is 13.2. The predicted octanol–water partition coefficient (Wildman–Crippen LogP) is 10.7. The fraction of sp³-hybridized carbons (Fsp3) is 0.0698. The standard InChI is InChI=1S/C43H31O2P/c1-3-14-28(4-2)46(44,29-15-6-5-7-16-29)30-23-26-40-35(27-30)33-24-25-39-41(42(33)45-40)34-19-10-13-22-38(34)43(39)36-20-11-8-17-31(36)32-18-9-12-21-37(32)43/h3-27H,1-2H3/b14-3-,28-4+. The Hall–Kier alpha value is -5.17. The largest absolute Gasteiger partial charge is 0.455 e. The second kappa shape index (κ2) is 9.91. The van der Waals surface area contributed by atoms with Crippen molar-refractivity contribution in [3.05, 3.63) is 179 Å². The van der Waals surface area contributed by atoms with E-state index in [1.807, 2.05) is 74.5 Å². The van der Waals surface area contributed by atoms with Crippen LogP contribution in [0.2, 0.25) is 0 Å². The van der Waals surface area contributed by atoms with Crippen LogP contribution in [0.25, 0.3) is 44.2 Å². The summed E-state index contributed by atoms with van der Waals surface area (Å²) in [6.45, 7) is 3.94. The molecule has 0 bridgehead atoms. The van der Waals surface area contributed by atoms with Crippen LogP contribution in [0.1, 0.15) is 36.1 Å². The second-order valence-corrected chi connectivity index (χ2v) is 15.0. The van der Waals surface area contributed by atoms with E-state index in [-0.39, 0.29) is 0 Å². The molecule has 0 N–H and O–H groups in total. The summed E-state index contributed by atoms with van der Waals surface area (Å²) in [6, 6.07) is 47.0. The van der Waals surface area contributed by atoms with E-state index in [1.54, 1.807) is 0 Å². The van der Waals surface area contributed by atoms with Crippen LogP contribution in [0.4, 0.5) is 0 Å². The van der Waals surface area contributed by atoms with Crippen LogP contribution in [0.5, 0.6) is 0 Å². The lowest BCUT2D eigenvalue weighted by atomic mass is 9.70. The summed E-state index contributed by atoms with van der Waals surface area (Å²) in [4.78, 5) is 0. The highest BCUT2D eigenvalue weighted by atomic mass is 31.2. The third-order valence-electron chi connectivity index (χ3n) is 10.1. The Balaban J connectivity index is 1.34. The molecule has 0 amide bonds. The molecule has 220 valence electrons. The molecule has 1 heterocycles. The van der Waals surface area contributed by atoms with E-state index in [9.17, 15) is 0 Å². The van der Waals surface area contributed by atoms with E-state index in [4.69, 9.17) is 4.42 Å². The van der Waals surface area contributed by atoms with Crippen molar-refractivity contribution in [3.63, 3.8) is 0 Å². The van der Waals surface area contributed by atoms with Crippen molar-refractivity contribution in [1.82, 2.24) is 0 Å². The zero-order valence-corrected chi connectivity index (χ0v) is 26.6. The maximum Gasteiger partial charge on any atom is 0.170 e. The highest BCUT2D eigenvalue weighted by Crippen LogP contribution is 2.64. The van der Waals surface area contributed by atoms with Gasteiger partial charge in [-0.3, -0.25) is 0 Å². The normalized spacial score (nSPS) is 15.7.